The molecule has 32 heavy (non-hydrogen) atoms. The number of ether oxygens (including phenoxy) is 1. The SMILES string of the molecule is COc1ccc2cc(C(=O)N3CCC(C(C)C(=O)NCc4cccc(F)c4)CC3)[nH]c2c1. The Kier molecular flexibility index (Phi) is 6.44. The number of nitrogens with zero attached hydrogens (tertiary/aromatic N) is 1. The summed E-state index contributed by atoms with van der Waals surface area (Å²) in [7, 11) is 1.61. The molecule has 1 fully saturated rings. The highest BCUT2D eigenvalue weighted by molar-refractivity contribution is 5.98. The van der Waals surface area contributed by atoms with Gasteiger partial charge in [0.25, 0.3) is 5.91 Å². The number of benzene rings is 2. The number of carbonyl (C=O) groups is 2. The number of methoxy groups -OCH3 is 1. The molecule has 1 aliphatic rings. The average molecular weight is 438 g/mol. The summed E-state index contributed by atoms with van der Waals surface area (Å²) < 4.78 is 18.6. The molecule has 0 spiro atoms. The maximum atomic E-state index is 13.3. The lowest BCUT2D eigenvalue weighted by atomic mass is 9.84. The highest BCUT2D eigenvalue weighted by Crippen LogP contribution is 2.27. The number of fused-ring (bicyclic) bond motifs is 1. The summed E-state index contributed by atoms with van der Waals surface area (Å²) in [6.07, 6.45) is 1.54. The summed E-state index contributed by atoms with van der Waals surface area (Å²) in [4.78, 5) is 30.6. The van der Waals surface area contributed by atoms with Gasteiger partial charge in [0.1, 0.15) is 17.3 Å². The molecular weight excluding hydrogens is 409 g/mol. The van der Waals surface area contributed by atoms with Crippen LogP contribution in [0.15, 0.2) is 48.5 Å². The van der Waals surface area contributed by atoms with Crippen molar-refractivity contribution in [3.63, 3.8) is 0 Å². The van der Waals surface area contributed by atoms with Gasteiger partial charge in [0.2, 0.25) is 5.91 Å². The molecule has 1 aromatic heterocycles. The second-order valence-corrected chi connectivity index (χ2v) is 8.40. The summed E-state index contributed by atoms with van der Waals surface area (Å²) in [5.74, 6) is 0.407. The van der Waals surface area contributed by atoms with Crippen molar-refractivity contribution in [3.05, 3.63) is 65.6 Å². The van der Waals surface area contributed by atoms with E-state index in [2.05, 4.69) is 10.3 Å². The number of rotatable bonds is 6. The zero-order valence-corrected chi connectivity index (χ0v) is 18.4. The number of hydrogen-bond donors (Lipinski definition) is 2. The number of nitrogens with one attached hydrogen (secondary N) is 2. The monoisotopic (exact) mass is 437 g/mol. The summed E-state index contributed by atoms with van der Waals surface area (Å²) in [5.41, 5.74) is 2.17. The molecule has 1 unspecified atom stereocenters. The molecule has 0 aliphatic carbocycles. The van der Waals surface area contributed by atoms with Crippen LogP contribution in [0.1, 0.15) is 35.8 Å². The fourth-order valence-corrected chi connectivity index (χ4v) is 4.33. The second kappa shape index (κ2) is 9.42. The van der Waals surface area contributed by atoms with Crippen molar-refractivity contribution in [2.45, 2.75) is 26.3 Å². The lowest BCUT2D eigenvalue weighted by Crippen LogP contribution is -2.42. The Hall–Kier alpha value is -3.35. The molecule has 0 saturated carbocycles. The van der Waals surface area contributed by atoms with E-state index in [1.807, 2.05) is 36.1 Å². The second-order valence-electron chi connectivity index (χ2n) is 8.40. The normalized spacial score (nSPS) is 15.5. The van der Waals surface area contributed by atoms with Crippen molar-refractivity contribution in [2.75, 3.05) is 20.2 Å². The number of hydrogen-bond acceptors (Lipinski definition) is 3. The number of amides is 2. The van der Waals surface area contributed by atoms with Crippen LogP contribution < -0.4 is 10.1 Å². The van der Waals surface area contributed by atoms with Gasteiger partial charge in [-0.1, -0.05) is 19.1 Å². The standard InChI is InChI=1S/C25H28FN3O3/c1-16(24(30)27-15-17-4-3-5-20(26)12-17)18-8-10-29(11-9-18)25(31)23-13-19-6-7-21(32-2)14-22(19)28-23/h3-7,12-14,16,18,28H,8-11,15H2,1-2H3,(H,27,30). The topological polar surface area (TPSA) is 74.4 Å². The molecule has 1 atom stereocenters. The maximum absolute atomic E-state index is 13.3. The van der Waals surface area contributed by atoms with Crippen molar-refractivity contribution in [1.82, 2.24) is 15.2 Å². The van der Waals surface area contributed by atoms with E-state index in [1.54, 1.807) is 19.2 Å². The summed E-state index contributed by atoms with van der Waals surface area (Å²) in [6.45, 7) is 3.46. The van der Waals surface area contributed by atoms with Crippen LogP contribution in [0.2, 0.25) is 0 Å². The molecular formula is C25H28FN3O3. The molecule has 168 valence electrons. The first-order chi connectivity index (χ1) is 15.4. The first kappa shape index (κ1) is 21.9. The van der Waals surface area contributed by atoms with Gasteiger partial charge in [-0.25, -0.2) is 4.39 Å². The fraction of sp³-hybridized carbons (Fsp3) is 0.360. The molecule has 1 saturated heterocycles. The Morgan fingerprint density at radius 3 is 2.69 bits per heavy atom. The molecule has 6 nitrogen and oxygen atoms in total. The zero-order chi connectivity index (χ0) is 22.7. The minimum absolute atomic E-state index is 0.0261. The number of H-pyrrole nitrogens is 1. The van der Waals surface area contributed by atoms with E-state index in [4.69, 9.17) is 4.74 Å². The fourth-order valence-electron chi connectivity index (χ4n) is 4.33. The van der Waals surface area contributed by atoms with E-state index in [0.29, 0.717) is 25.3 Å². The van der Waals surface area contributed by atoms with Gasteiger partial charge in [-0.2, -0.15) is 0 Å². The lowest BCUT2D eigenvalue weighted by Gasteiger charge is -2.34. The third-order valence-electron chi connectivity index (χ3n) is 6.36. The Labute approximate surface area is 186 Å². The molecule has 0 radical (unpaired) electrons. The molecule has 2 amide bonds. The Balaban J connectivity index is 1.31. The van der Waals surface area contributed by atoms with Crippen LogP contribution >= 0.6 is 0 Å². The van der Waals surface area contributed by atoms with Gasteiger partial charge in [0.15, 0.2) is 0 Å². The smallest absolute Gasteiger partial charge is 0.270 e. The molecule has 7 heteroatoms. The number of piperidine rings is 1. The quantitative estimate of drug-likeness (QED) is 0.609. The molecule has 2 aromatic carbocycles. The molecule has 3 aromatic rings. The van der Waals surface area contributed by atoms with Crippen LogP contribution in [-0.4, -0.2) is 41.9 Å². The maximum Gasteiger partial charge on any atom is 0.270 e. The number of aromatic nitrogens is 1. The van der Waals surface area contributed by atoms with Crippen LogP contribution in [0, 0.1) is 17.7 Å². The van der Waals surface area contributed by atoms with Gasteiger partial charge in [0, 0.05) is 42.5 Å². The van der Waals surface area contributed by atoms with Crippen LogP contribution in [0.5, 0.6) is 5.75 Å². The minimum atomic E-state index is -0.309. The Bertz CT molecular complexity index is 1120. The predicted molar refractivity (Wildman–Crippen MR) is 121 cm³/mol. The third kappa shape index (κ3) is 4.77. The molecule has 1 aliphatic heterocycles. The minimum Gasteiger partial charge on any atom is -0.497 e. The van der Waals surface area contributed by atoms with Gasteiger partial charge in [-0.15, -0.1) is 0 Å². The zero-order valence-electron chi connectivity index (χ0n) is 18.4. The summed E-state index contributed by atoms with van der Waals surface area (Å²) in [6, 6.07) is 13.8. The molecule has 2 heterocycles. The highest BCUT2D eigenvalue weighted by Gasteiger charge is 2.30. The predicted octanol–water partition coefficient (Wildman–Crippen LogP) is 4.12. The molecule has 2 N–H and O–H groups in total. The van der Waals surface area contributed by atoms with Gasteiger partial charge in [-0.3, -0.25) is 9.59 Å². The van der Waals surface area contributed by atoms with E-state index >= 15 is 0 Å². The van der Waals surface area contributed by atoms with E-state index in [9.17, 15) is 14.0 Å². The molecule has 4 rings (SSSR count). The Morgan fingerprint density at radius 2 is 1.97 bits per heavy atom. The van der Waals surface area contributed by atoms with Gasteiger partial charge < -0.3 is 19.9 Å². The van der Waals surface area contributed by atoms with Crippen molar-refractivity contribution in [3.8, 4) is 5.75 Å². The Morgan fingerprint density at radius 1 is 1.19 bits per heavy atom. The van der Waals surface area contributed by atoms with Crippen LogP contribution in [-0.2, 0) is 11.3 Å². The van der Waals surface area contributed by atoms with Crippen molar-refractivity contribution in [1.29, 1.82) is 0 Å². The van der Waals surface area contributed by atoms with Gasteiger partial charge in [-0.05, 0) is 54.7 Å². The molecule has 0 bridgehead atoms. The summed E-state index contributed by atoms with van der Waals surface area (Å²) in [5, 5.41) is 3.87. The van der Waals surface area contributed by atoms with E-state index < -0.39 is 0 Å². The third-order valence-corrected chi connectivity index (χ3v) is 6.36. The lowest BCUT2D eigenvalue weighted by molar-refractivity contribution is -0.126. The van der Waals surface area contributed by atoms with Crippen LogP contribution in [0.3, 0.4) is 0 Å². The van der Waals surface area contributed by atoms with E-state index in [0.717, 1.165) is 35.1 Å². The van der Waals surface area contributed by atoms with Crippen molar-refractivity contribution >= 4 is 22.7 Å². The highest BCUT2D eigenvalue weighted by atomic mass is 19.1. The van der Waals surface area contributed by atoms with E-state index in [1.165, 1.54) is 12.1 Å². The van der Waals surface area contributed by atoms with Gasteiger partial charge >= 0.3 is 0 Å². The van der Waals surface area contributed by atoms with Crippen LogP contribution in [0.4, 0.5) is 4.39 Å². The number of carbonyl (C=O) groups excluding carboxylic acids is 2. The number of aromatic amines is 1. The average Bonchev–Trinajstić information content (AvgIpc) is 3.25. The van der Waals surface area contributed by atoms with E-state index in [-0.39, 0.29) is 29.5 Å². The van der Waals surface area contributed by atoms with Gasteiger partial charge in [0.05, 0.1) is 7.11 Å². The van der Waals surface area contributed by atoms with Crippen molar-refractivity contribution in [2.24, 2.45) is 11.8 Å². The summed E-state index contributed by atoms with van der Waals surface area (Å²) >= 11 is 0. The number of likely N-dealkylation sites (tertiary alicyclic amines) is 1. The first-order valence-corrected chi connectivity index (χ1v) is 10.9. The largest absolute Gasteiger partial charge is 0.497 e. The number of halogens is 1. The first-order valence-electron chi connectivity index (χ1n) is 10.9. The van der Waals surface area contributed by atoms with Crippen molar-refractivity contribution < 1.29 is 18.7 Å². The van der Waals surface area contributed by atoms with Crippen LogP contribution in [0.25, 0.3) is 10.9 Å².